The van der Waals surface area contributed by atoms with E-state index in [0.29, 0.717) is 0 Å². The number of carbonyl (C=O) groups excluding carboxylic acids is 1. The van der Waals surface area contributed by atoms with E-state index in [4.69, 9.17) is 4.55 Å². The van der Waals surface area contributed by atoms with E-state index in [9.17, 15) is 13.2 Å². The first kappa shape index (κ1) is 12.3. The maximum absolute atomic E-state index is 10.5. The largest absolute Gasteiger partial charge is 0.306 e. The van der Waals surface area contributed by atoms with Crippen molar-refractivity contribution in [1.82, 2.24) is 5.32 Å². The molecule has 0 saturated carbocycles. The summed E-state index contributed by atoms with van der Waals surface area (Å²) in [6, 6.07) is 0. The Bertz CT molecular complexity index is 300. The molecule has 0 atom stereocenters. The zero-order valence-corrected chi connectivity index (χ0v) is 8.39. The van der Waals surface area contributed by atoms with E-state index in [-0.39, 0.29) is 6.54 Å². The second-order valence-electron chi connectivity index (χ2n) is 3.31. The number of hydrogen-bond acceptors (Lipinski definition) is 4. The van der Waals surface area contributed by atoms with Crippen LogP contribution in [0.3, 0.4) is 0 Å². The quantitative estimate of drug-likeness (QED) is 0.474. The fourth-order valence-corrected chi connectivity index (χ4v) is 1.89. The molecule has 0 saturated heterocycles. The third kappa shape index (κ3) is 7.67. The van der Waals surface area contributed by atoms with Crippen molar-refractivity contribution in [1.29, 1.82) is 0 Å². The summed E-state index contributed by atoms with van der Waals surface area (Å²) in [7, 11) is -3.99. The van der Waals surface area contributed by atoms with Crippen LogP contribution >= 0.6 is 0 Å². The van der Waals surface area contributed by atoms with Crippen molar-refractivity contribution >= 4 is 16.1 Å². The van der Waals surface area contributed by atoms with Crippen molar-refractivity contribution in [3.63, 3.8) is 0 Å². The first-order valence-electron chi connectivity index (χ1n) is 3.66. The smallest absolute Gasteiger partial charge is 0.266 e. The number of nitrogens with one attached hydrogen (secondary N) is 1. The van der Waals surface area contributed by atoms with E-state index >= 15 is 0 Å². The highest BCUT2D eigenvalue weighted by Crippen LogP contribution is 2.04. The average Bonchev–Trinajstić information content (AvgIpc) is 1.81. The molecule has 0 aliphatic rings. The standard InChI is InChI=1S/C7H13NO4S/c1-7(2,6-13(10,11)12)8-4-3-5-9/h3,8H,4,6H2,1-2H3,(H,10,11,12). The van der Waals surface area contributed by atoms with E-state index in [1.165, 1.54) is 6.08 Å². The van der Waals surface area contributed by atoms with Gasteiger partial charge in [0.2, 0.25) is 0 Å². The highest BCUT2D eigenvalue weighted by molar-refractivity contribution is 7.85. The second kappa shape index (κ2) is 4.53. The number of rotatable bonds is 5. The van der Waals surface area contributed by atoms with Crippen molar-refractivity contribution in [2.75, 3.05) is 12.3 Å². The monoisotopic (exact) mass is 207 g/mol. The van der Waals surface area contributed by atoms with Gasteiger partial charge in [0, 0.05) is 18.2 Å². The van der Waals surface area contributed by atoms with Gasteiger partial charge >= 0.3 is 0 Å². The maximum atomic E-state index is 10.5. The van der Waals surface area contributed by atoms with Crippen LogP contribution in [0, 0.1) is 0 Å². The summed E-state index contributed by atoms with van der Waals surface area (Å²) in [4.78, 5) is 9.79. The third-order valence-electron chi connectivity index (χ3n) is 1.31. The van der Waals surface area contributed by atoms with Crippen molar-refractivity contribution in [2.24, 2.45) is 0 Å². The van der Waals surface area contributed by atoms with Gasteiger partial charge in [-0.25, -0.2) is 4.79 Å². The van der Waals surface area contributed by atoms with Gasteiger partial charge in [0.1, 0.15) is 5.94 Å². The molecule has 0 aliphatic heterocycles. The van der Waals surface area contributed by atoms with Crippen LogP contribution < -0.4 is 5.32 Å². The summed E-state index contributed by atoms with van der Waals surface area (Å²) < 4.78 is 29.6. The predicted molar refractivity (Wildman–Crippen MR) is 48.8 cm³/mol. The summed E-state index contributed by atoms with van der Waals surface area (Å²) in [5.74, 6) is 1.16. The average molecular weight is 207 g/mol. The second-order valence-corrected chi connectivity index (χ2v) is 4.77. The molecule has 0 aromatic carbocycles. The Morgan fingerprint density at radius 3 is 2.46 bits per heavy atom. The fraction of sp³-hybridized carbons (Fsp3) is 0.714. The summed E-state index contributed by atoms with van der Waals surface area (Å²) >= 11 is 0. The van der Waals surface area contributed by atoms with Gasteiger partial charge in [0.05, 0.1) is 5.75 Å². The van der Waals surface area contributed by atoms with Gasteiger partial charge in [-0.2, -0.15) is 8.42 Å². The molecule has 0 amide bonds. The van der Waals surface area contributed by atoms with Crippen molar-refractivity contribution in [3.05, 3.63) is 6.08 Å². The lowest BCUT2D eigenvalue weighted by atomic mass is 10.1. The molecule has 5 nitrogen and oxygen atoms in total. The highest BCUT2D eigenvalue weighted by Gasteiger charge is 2.23. The van der Waals surface area contributed by atoms with Gasteiger partial charge < -0.3 is 5.32 Å². The molecule has 0 aliphatic carbocycles. The van der Waals surface area contributed by atoms with Gasteiger partial charge in [-0.1, -0.05) is 0 Å². The molecular formula is C7H13NO4S. The normalized spacial score (nSPS) is 12.2. The lowest BCUT2D eigenvalue weighted by Gasteiger charge is -2.23. The van der Waals surface area contributed by atoms with Crippen LogP contribution in [0.2, 0.25) is 0 Å². The van der Waals surface area contributed by atoms with E-state index in [1.807, 2.05) is 0 Å². The molecule has 0 heterocycles. The lowest BCUT2D eigenvalue weighted by Crippen LogP contribution is -2.45. The molecule has 0 aromatic rings. The maximum Gasteiger partial charge on any atom is 0.266 e. The van der Waals surface area contributed by atoms with Gasteiger partial charge in [-0.15, -0.1) is 0 Å². The van der Waals surface area contributed by atoms with Crippen molar-refractivity contribution < 1.29 is 17.8 Å². The molecular weight excluding hydrogens is 194 g/mol. The molecule has 0 radical (unpaired) electrons. The molecule has 6 heteroatoms. The van der Waals surface area contributed by atoms with E-state index in [0.717, 1.165) is 0 Å². The molecule has 13 heavy (non-hydrogen) atoms. The summed E-state index contributed by atoms with van der Waals surface area (Å²) in [5, 5.41) is 2.76. The minimum Gasteiger partial charge on any atom is -0.306 e. The number of hydrogen-bond donors (Lipinski definition) is 2. The highest BCUT2D eigenvalue weighted by atomic mass is 32.2. The SMILES string of the molecule is CC(C)(CS(=O)(=O)O)NCC=C=O. The van der Waals surface area contributed by atoms with Gasteiger partial charge in [-0.3, -0.25) is 4.55 Å². The zero-order valence-electron chi connectivity index (χ0n) is 7.57. The van der Waals surface area contributed by atoms with Crippen LogP contribution in [-0.4, -0.2) is 36.7 Å². The van der Waals surface area contributed by atoms with Gasteiger partial charge in [-0.05, 0) is 13.8 Å². The summed E-state index contributed by atoms with van der Waals surface area (Å²) in [6.45, 7) is 3.45. The lowest BCUT2D eigenvalue weighted by molar-refractivity contribution is 0.417. The molecule has 0 unspecified atom stereocenters. The zero-order chi connectivity index (χ0) is 10.5. The topological polar surface area (TPSA) is 83.5 Å². The van der Waals surface area contributed by atoms with Crippen LogP contribution in [-0.2, 0) is 14.9 Å². The Balaban J connectivity index is 4.16. The Labute approximate surface area is 77.6 Å². The first-order chi connectivity index (χ1) is 5.77. The van der Waals surface area contributed by atoms with Crippen molar-refractivity contribution in [2.45, 2.75) is 19.4 Å². The van der Waals surface area contributed by atoms with Crippen LogP contribution in [0.5, 0.6) is 0 Å². The molecule has 76 valence electrons. The molecule has 0 spiro atoms. The molecule has 0 bridgehead atoms. The molecule has 0 rings (SSSR count). The van der Waals surface area contributed by atoms with Gasteiger partial charge in [0.15, 0.2) is 0 Å². The van der Waals surface area contributed by atoms with Crippen molar-refractivity contribution in [3.8, 4) is 0 Å². The fourth-order valence-electron chi connectivity index (χ4n) is 0.876. The van der Waals surface area contributed by atoms with Crippen LogP contribution in [0.1, 0.15) is 13.8 Å². The molecule has 0 fully saturated rings. The Hall–Kier alpha value is -0.680. The molecule has 2 N–H and O–H groups in total. The first-order valence-corrected chi connectivity index (χ1v) is 5.27. The summed E-state index contributed by atoms with van der Waals surface area (Å²) in [5.41, 5.74) is -0.763. The van der Waals surface area contributed by atoms with Gasteiger partial charge in [0.25, 0.3) is 10.1 Å². The Morgan fingerprint density at radius 2 is 2.08 bits per heavy atom. The van der Waals surface area contributed by atoms with Crippen LogP contribution in [0.25, 0.3) is 0 Å². The van der Waals surface area contributed by atoms with E-state index < -0.39 is 21.4 Å². The third-order valence-corrected chi connectivity index (χ3v) is 2.40. The summed E-state index contributed by atoms with van der Waals surface area (Å²) in [6.07, 6.45) is 1.20. The predicted octanol–water partition coefficient (Wildman–Crippen LogP) is -0.370. The molecule has 0 aromatic heterocycles. The Morgan fingerprint density at radius 1 is 1.54 bits per heavy atom. The van der Waals surface area contributed by atoms with E-state index in [2.05, 4.69) is 5.32 Å². The van der Waals surface area contributed by atoms with Crippen LogP contribution in [0.4, 0.5) is 0 Å². The Kier molecular flexibility index (Phi) is 4.29. The van der Waals surface area contributed by atoms with E-state index in [1.54, 1.807) is 19.8 Å². The minimum atomic E-state index is -3.99. The van der Waals surface area contributed by atoms with Crippen LogP contribution in [0.15, 0.2) is 6.08 Å². The minimum absolute atomic E-state index is 0.228.